The summed E-state index contributed by atoms with van der Waals surface area (Å²) < 4.78 is 14.0. The van der Waals surface area contributed by atoms with Gasteiger partial charge in [-0.1, -0.05) is 23.2 Å². The minimum absolute atomic E-state index is 0.0248. The Morgan fingerprint density at radius 1 is 1.31 bits per heavy atom. The molecule has 1 unspecified atom stereocenters. The molecule has 1 saturated heterocycles. The van der Waals surface area contributed by atoms with Gasteiger partial charge in [-0.25, -0.2) is 9.82 Å². The summed E-state index contributed by atoms with van der Waals surface area (Å²) in [7, 11) is 0. The van der Waals surface area contributed by atoms with E-state index in [1.165, 1.54) is 12.1 Å². The minimum atomic E-state index is -0.689. The van der Waals surface area contributed by atoms with Gasteiger partial charge in [-0.3, -0.25) is 20.1 Å². The van der Waals surface area contributed by atoms with Gasteiger partial charge in [-0.05, 0) is 38.1 Å². The summed E-state index contributed by atoms with van der Waals surface area (Å²) in [5.41, 5.74) is 14.7. The molecule has 0 bridgehead atoms. The van der Waals surface area contributed by atoms with E-state index in [1.54, 1.807) is 0 Å². The van der Waals surface area contributed by atoms with Crippen molar-refractivity contribution in [2.45, 2.75) is 31.8 Å². The molecule has 2 heterocycles. The van der Waals surface area contributed by atoms with Crippen molar-refractivity contribution < 1.29 is 14.3 Å². The van der Waals surface area contributed by atoms with Crippen LogP contribution in [0.3, 0.4) is 0 Å². The van der Waals surface area contributed by atoms with Crippen LogP contribution in [0, 0.1) is 17.1 Å². The summed E-state index contributed by atoms with van der Waals surface area (Å²) >= 11 is 12.4. The van der Waals surface area contributed by atoms with Crippen LogP contribution < -0.4 is 16.9 Å². The first-order valence-electron chi connectivity index (χ1n) is 11.4. The zero-order chi connectivity index (χ0) is 25.5. The number of rotatable bonds is 9. The number of β-amino-alcohol motifs (C(OH)–C–C–N with tert-alkyl or cyclic N) is 1. The molecule has 0 saturated carbocycles. The molecule has 13 heteroatoms. The standard InChI is InChI=1S/C22H31Cl2FN8O2/c23-15-1-2-16(25)19(24)14(15)12-33-8-5-29-21(28)18(33)11-17(26)22(35)31-30-20(27)13-3-6-32(7-4-13)9-10-34/h1-2,13,18,26,34H,3-12H2,(H2,27,30)(H2,28,29)(H,31,35). The van der Waals surface area contributed by atoms with Gasteiger partial charge in [-0.15, -0.1) is 0 Å². The average molecular weight is 529 g/mol. The van der Waals surface area contributed by atoms with Crippen molar-refractivity contribution in [1.29, 1.82) is 5.41 Å². The third-order valence-corrected chi connectivity index (χ3v) is 7.11. The fourth-order valence-corrected chi connectivity index (χ4v) is 4.74. The Hall–Kier alpha value is -2.31. The maximum atomic E-state index is 14.0. The third kappa shape index (κ3) is 7.11. The molecule has 1 atom stereocenters. The second-order valence-corrected chi connectivity index (χ2v) is 9.40. The molecular formula is C22H31Cl2FN8O2. The molecule has 192 valence electrons. The number of nitrogens with zero attached hydrogens (tertiary/aromatic N) is 4. The molecule has 35 heavy (non-hydrogen) atoms. The Morgan fingerprint density at radius 2 is 2.03 bits per heavy atom. The maximum Gasteiger partial charge on any atom is 0.285 e. The van der Waals surface area contributed by atoms with Gasteiger partial charge in [-0.2, -0.15) is 5.10 Å². The van der Waals surface area contributed by atoms with E-state index in [-0.39, 0.29) is 42.1 Å². The fraction of sp³-hybridized carbons (Fsp3) is 0.545. The van der Waals surface area contributed by atoms with Crippen molar-refractivity contribution >= 4 is 46.5 Å². The number of halogens is 3. The van der Waals surface area contributed by atoms with Crippen LogP contribution in [0.15, 0.2) is 22.2 Å². The van der Waals surface area contributed by atoms with Gasteiger partial charge in [0.1, 0.15) is 17.5 Å². The highest BCUT2D eigenvalue weighted by Gasteiger charge is 2.30. The molecule has 2 aliphatic heterocycles. The summed E-state index contributed by atoms with van der Waals surface area (Å²) in [6.07, 6.45) is 1.52. The number of carbonyl (C=O) groups is 1. The fourth-order valence-electron chi connectivity index (χ4n) is 4.25. The number of piperidine rings is 1. The van der Waals surface area contributed by atoms with Crippen LogP contribution in [0.4, 0.5) is 4.39 Å². The van der Waals surface area contributed by atoms with Gasteiger partial charge in [0.05, 0.1) is 29.9 Å². The van der Waals surface area contributed by atoms with E-state index in [0.29, 0.717) is 36.1 Å². The smallest absolute Gasteiger partial charge is 0.285 e. The van der Waals surface area contributed by atoms with E-state index in [2.05, 4.69) is 20.4 Å². The summed E-state index contributed by atoms with van der Waals surface area (Å²) in [5, 5.41) is 21.6. The van der Waals surface area contributed by atoms with Gasteiger partial charge in [0, 0.05) is 42.6 Å². The van der Waals surface area contributed by atoms with Gasteiger partial charge in [0.2, 0.25) is 0 Å². The molecule has 0 spiro atoms. The number of hydrazone groups is 1. The predicted octanol–water partition coefficient (Wildman–Crippen LogP) is 1.18. The third-order valence-electron chi connectivity index (χ3n) is 6.34. The molecular weight excluding hydrogens is 498 g/mol. The zero-order valence-corrected chi connectivity index (χ0v) is 20.8. The van der Waals surface area contributed by atoms with Crippen molar-refractivity contribution in [2.24, 2.45) is 27.5 Å². The van der Waals surface area contributed by atoms with Crippen LogP contribution in [0.5, 0.6) is 0 Å². The highest BCUT2D eigenvalue weighted by Crippen LogP contribution is 2.29. The number of aliphatic hydroxyl groups is 1. The van der Waals surface area contributed by atoms with Crippen LogP contribution in [0.25, 0.3) is 0 Å². The van der Waals surface area contributed by atoms with Crippen LogP contribution >= 0.6 is 23.2 Å². The number of hydrogen-bond acceptors (Lipinski definition) is 8. The quantitative estimate of drug-likeness (QED) is 0.140. The van der Waals surface area contributed by atoms with Gasteiger partial charge >= 0.3 is 0 Å². The number of hydrogen-bond donors (Lipinski definition) is 5. The molecule has 1 aromatic carbocycles. The van der Waals surface area contributed by atoms with E-state index in [9.17, 15) is 9.18 Å². The van der Waals surface area contributed by atoms with Gasteiger partial charge in [0.15, 0.2) is 0 Å². The Labute approximate surface area is 213 Å². The summed E-state index contributed by atoms with van der Waals surface area (Å²) in [6, 6.07) is 2.07. The first-order chi connectivity index (χ1) is 16.7. The number of amidine groups is 2. The van der Waals surface area contributed by atoms with Gasteiger partial charge < -0.3 is 21.5 Å². The lowest BCUT2D eigenvalue weighted by molar-refractivity contribution is -0.115. The van der Waals surface area contributed by atoms with Crippen molar-refractivity contribution in [3.63, 3.8) is 0 Å². The molecule has 3 rings (SSSR count). The van der Waals surface area contributed by atoms with Crippen LogP contribution in [-0.4, -0.2) is 83.6 Å². The second kappa shape index (κ2) is 12.6. The lowest BCUT2D eigenvalue weighted by Gasteiger charge is -2.34. The summed E-state index contributed by atoms with van der Waals surface area (Å²) in [5.74, 6) is -0.661. The number of benzene rings is 1. The first kappa shape index (κ1) is 27.3. The molecule has 2 aliphatic rings. The lowest BCUT2D eigenvalue weighted by atomic mass is 9.96. The SMILES string of the molecule is N=C(CC1C(N)=NCCN1Cc1c(Cl)ccc(F)c1Cl)C(=O)NN=C(N)C1CCN(CCO)CC1. The average Bonchev–Trinajstić information content (AvgIpc) is 2.85. The van der Waals surface area contributed by atoms with E-state index in [4.69, 9.17) is 45.2 Å². The van der Waals surface area contributed by atoms with Crippen molar-refractivity contribution in [2.75, 3.05) is 39.3 Å². The zero-order valence-electron chi connectivity index (χ0n) is 19.3. The number of nitrogens with one attached hydrogen (secondary N) is 2. The van der Waals surface area contributed by atoms with E-state index in [1.807, 2.05) is 4.90 Å². The molecule has 10 nitrogen and oxygen atoms in total. The van der Waals surface area contributed by atoms with Crippen molar-refractivity contribution in [1.82, 2.24) is 15.2 Å². The number of likely N-dealkylation sites (tertiary alicyclic amines) is 1. The molecule has 1 fully saturated rings. The number of carbonyl (C=O) groups excluding carboxylic acids is 1. The Bertz CT molecular complexity index is 998. The highest BCUT2D eigenvalue weighted by atomic mass is 35.5. The molecule has 1 amide bonds. The molecule has 0 aliphatic carbocycles. The van der Waals surface area contributed by atoms with Crippen LogP contribution in [-0.2, 0) is 11.3 Å². The lowest BCUT2D eigenvalue weighted by Crippen LogP contribution is -2.51. The van der Waals surface area contributed by atoms with E-state index in [0.717, 1.165) is 25.9 Å². The number of nitrogens with two attached hydrogens (primary N) is 2. The molecule has 0 radical (unpaired) electrons. The Balaban J connectivity index is 1.60. The number of aliphatic hydroxyl groups excluding tert-OH is 1. The Morgan fingerprint density at radius 3 is 2.71 bits per heavy atom. The highest BCUT2D eigenvalue weighted by molar-refractivity contribution is 6.38. The molecule has 1 aromatic rings. The van der Waals surface area contributed by atoms with E-state index < -0.39 is 17.8 Å². The van der Waals surface area contributed by atoms with Crippen molar-refractivity contribution in [3.05, 3.63) is 33.6 Å². The number of amides is 1. The maximum absolute atomic E-state index is 14.0. The van der Waals surface area contributed by atoms with E-state index >= 15 is 0 Å². The normalized spacial score (nSPS) is 20.5. The monoisotopic (exact) mass is 528 g/mol. The minimum Gasteiger partial charge on any atom is -0.395 e. The topological polar surface area (TPSA) is 156 Å². The number of aliphatic imine (C=N–C) groups is 1. The first-order valence-corrected chi connectivity index (χ1v) is 12.2. The Kier molecular flexibility index (Phi) is 9.81. The molecule has 7 N–H and O–H groups in total. The second-order valence-electron chi connectivity index (χ2n) is 8.61. The summed E-state index contributed by atoms with van der Waals surface area (Å²) in [6.45, 7) is 3.41. The largest absolute Gasteiger partial charge is 0.395 e. The van der Waals surface area contributed by atoms with Gasteiger partial charge in [0.25, 0.3) is 5.91 Å². The van der Waals surface area contributed by atoms with Crippen LogP contribution in [0.1, 0.15) is 24.8 Å². The predicted molar refractivity (Wildman–Crippen MR) is 135 cm³/mol. The molecule has 0 aromatic heterocycles. The summed E-state index contributed by atoms with van der Waals surface area (Å²) in [4.78, 5) is 20.8. The van der Waals surface area contributed by atoms with Crippen molar-refractivity contribution in [3.8, 4) is 0 Å². The van der Waals surface area contributed by atoms with Crippen LogP contribution in [0.2, 0.25) is 10.0 Å².